The zero-order valence-corrected chi connectivity index (χ0v) is 11.1. The van der Waals surface area contributed by atoms with Crippen LogP contribution in [0.2, 0.25) is 0 Å². The molecule has 1 aromatic rings. The summed E-state index contributed by atoms with van der Waals surface area (Å²) in [5.41, 5.74) is 0.767. The summed E-state index contributed by atoms with van der Waals surface area (Å²) in [6.07, 6.45) is 0.758. The number of nitrogens with one attached hydrogen (secondary N) is 1. The second-order valence-electron chi connectivity index (χ2n) is 3.77. The first kappa shape index (κ1) is 14.2. The van der Waals surface area contributed by atoms with Gasteiger partial charge in [0, 0.05) is 22.9 Å². The van der Waals surface area contributed by atoms with Crippen LogP contribution in [0.25, 0.3) is 0 Å². The SMILES string of the molecule is Cc1cc(C(=O)NCCCOCCO)c(C)s1. The molecular weight excluding hydrogens is 238 g/mol. The summed E-state index contributed by atoms with van der Waals surface area (Å²) in [4.78, 5) is 14.0. The number of carbonyl (C=O) groups is 1. The summed E-state index contributed by atoms with van der Waals surface area (Å²) in [5, 5.41) is 11.4. The van der Waals surface area contributed by atoms with Crippen LogP contribution in [-0.2, 0) is 4.74 Å². The van der Waals surface area contributed by atoms with E-state index in [2.05, 4.69) is 5.32 Å². The van der Waals surface area contributed by atoms with Gasteiger partial charge in [0.15, 0.2) is 0 Å². The van der Waals surface area contributed by atoms with Crippen molar-refractivity contribution in [1.29, 1.82) is 0 Å². The zero-order valence-electron chi connectivity index (χ0n) is 10.3. The summed E-state index contributed by atoms with van der Waals surface area (Å²) < 4.78 is 5.10. The summed E-state index contributed by atoms with van der Waals surface area (Å²) in [7, 11) is 0. The number of aryl methyl sites for hydroxylation is 2. The zero-order chi connectivity index (χ0) is 12.7. The summed E-state index contributed by atoms with van der Waals surface area (Å²) in [6, 6.07) is 1.91. The molecule has 2 N–H and O–H groups in total. The number of ether oxygens (including phenoxy) is 1. The molecule has 5 heteroatoms. The largest absolute Gasteiger partial charge is 0.394 e. The van der Waals surface area contributed by atoms with Crippen LogP contribution in [0.3, 0.4) is 0 Å². The molecule has 0 unspecified atom stereocenters. The van der Waals surface area contributed by atoms with Gasteiger partial charge in [0.2, 0.25) is 0 Å². The lowest BCUT2D eigenvalue weighted by Gasteiger charge is -2.05. The van der Waals surface area contributed by atoms with Crippen molar-refractivity contribution in [1.82, 2.24) is 5.32 Å². The van der Waals surface area contributed by atoms with Crippen LogP contribution in [0.4, 0.5) is 0 Å². The number of aliphatic hydroxyl groups is 1. The third kappa shape index (κ3) is 4.85. The van der Waals surface area contributed by atoms with E-state index in [9.17, 15) is 4.79 Å². The highest BCUT2D eigenvalue weighted by atomic mass is 32.1. The standard InChI is InChI=1S/C12H19NO3S/c1-9-8-11(10(2)17-9)12(15)13-4-3-6-16-7-5-14/h8,14H,3-7H2,1-2H3,(H,13,15). The number of rotatable bonds is 7. The number of aliphatic hydroxyl groups excluding tert-OH is 1. The van der Waals surface area contributed by atoms with Crippen molar-refractivity contribution in [2.24, 2.45) is 0 Å². The second-order valence-corrected chi connectivity index (χ2v) is 5.23. The first-order valence-electron chi connectivity index (χ1n) is 5.69. The van der Waals surface area contributed by atoms with E-state index >= 15 is 0 Å². The maximum absolute atomic E-state index is 11.8. The molecule has 0 spiro atoms. The molecule has 0 aliphatic rings. The van der Waals surface area contributed by atoms with Crippen molar-refractivity contribution in [3.63, 3.8) is 0 Å². The Bertz CT molecular complexity index is 363. The average molecular weight is 257 g/mol. The fraction of sp³-hybridized carbons (Fsp3) is 0.583. The number of thiophene rings is 1. The first-order valence-corrected chi connectivity index (χ1v) is 6.50. The van der Waals surface area contributed by atoms with E-state index in [0.717, 1.165) is 21.7 Å². The van der Waals surface area contributed by atoms with Gasteiger partial charge in [-0.1, -0.05) is 0 Å². The molecule has 0 aromatic carbocycles. The molecule has 1 amide bonds. The van der Waals surface area contributed by atoms with Gasteiger partial charge in [0.05, 0.1) is 18.8 Å². The lowest BCUT2D eigenvalue weighted by Crippen LogP contribution is -2.25. The van der Waals surface area contributed by atoms with Gasteiger partial charge in [-0.05, 0) is 26.3 Å². The monoisotopic (exact) mass is 257 g/mol. The molecule has 1 rings (SSSR count). The molecule has 17 heavy (non-hydrogen) atoms. The molecule has 1 heterocycles. The Hall–Kier alpha value is -0.910. The highest BCUT2D eigenvalue weighted by molar-refractivity contribution is 7.12. The number of amides is 1. The van der Waals surface area contributed by atoms with E-state index in [0.29, 0.717) is 19.8 Å². The predicted octanol–water partition coefficient (Wildman–Crippen LogP) is 1.49. The van der Waals surface area contributed by atoms with Crippen molar-refractivity contribution in [3.05, 3.63) is 21.4 Å². The number of carbonyl (C=O) groups excluding carboxylic acids is 1. The van der Waals surface area contributed by atoms with Crippen molar-refractivity contribution in [2.45, 2.75) is 20.3 Å². The van der Waals surface area contributed by atoms with Gasteiger partial charge in [0.1, 0.15) is 0 Å². The molecule has 4 nitrogen and oxygen atoms in total. The maximum atomic E-state index is 11.8. The van der Waals surface area contributed by atoms with Crippen LogP contribution in [0, 0.1) is 13.8 Å². The Morgan fingerprint density at radius 3 is 2.82 bits per heavy atom. The van der Waals surface area contributed by atoms with Gasteiger partial charge in [0.25, 0.3) is 5.91 Å². The Kier molecular flexibility index (Phi) is 6.18. The summed E-state index contributed by atoms with van der Waals surface area (Å²) in [5.74, 6) is -0.0194. The van der Waals surface area contributed by atoms with E-state index in [1.54, 1.807) is 11.3 Å². The fourth-order valence-corrected chi connectivity index (χ4v) is 2.42. The number of hydrogen-bond donors (Lipinski definition) is 2. The normalized spacial score (nSPS) is 10.5. The Labute approximate surface area is 106 Å². The quantitative estimate of drug-likeness (QED) is 0.728. The average Bonchev–Trinajstić information content (AvgIpc) is 2.62. The Morgan fingerprint density at radius 2 is 2.24 bits per heavy atom. The van der Waals surface area contributed by atoms with E-state index in [1.165, 1.54) is 0 Å². The van der Waals surface area contributed by atoms with Crippen LogP contribution < -0.4 is 5.32 Å². The minimum Gasteiger partial charge on any atom is -0.394 e. The molecule has 0 bridgehead atoms. The van der Waals surface area contributed by atoms with Crippen molar-refractivity contribution >= 4 is 17.2 Å². The minimum atomic E-state index is -0.0194. The van der Waals surface area contributed by atoms with E-state index in [1.807, 2.05) is 19.9 Å². The van der Waals surface area contributed by atoms with Gasteiger partial charge in [-0.2, -0.15) is 0 Å². The third-order valence-corrected chi connectivity index (χ3v) is 3.24. The van der Waals surface area contributed by atoms with Crippen LogP contribution in [0.15, 0.2) is 6.07 Å². The second kappa shape index (κ2) is 7.42. The fourth-order valence-electron chi connectivity index (χ4n) is 1.49. The molecule has 0 radical (unpaired) electrons. The van der Waals surface area contributed by atoms with Gasteiger partial charge in [-0.3, -0.25) is 4.79 Å². The minimum absolute atomic E-state index is 0.0194. The van der Waals surface area contributed by atoms with Crippen LogP contribution in [0.5, 0.6) is 0 Å². The molecule has 0 fully saturated rings. The van der Waals surface area contributed by atoms with Crippen molar-refractivity contribution in [2.75, 3.05) is 26.4 Å². The van der Waals surface area contributed by atoms with Crippen LogP contribution in [0.1, 0.15) is 26.5 Å². The summed E-state index contributed by atoms with van der Waals surface area (Å²) in [6.45, 7) is 5.51. The van der Waals surface area contributed by atoms with E-state index in [4.69, 9.17) is 9.84 Å². The Morgan fingerprint density at radius 1 is 1.47 bits per heavy atom. The van der Waals surface area contributed by atoms with Crippen LogP contribution >= 0.6 is 11.3 Å². The highest BCUT2D eigenvalue weighted by Crippen LogP contribution is 2.20. The first-order chi connectivity index (χ1) is 8.15. The van der Waals surface area contributed by atoms with Crippen molar-refractivity contribution in [3.8, 4) is 0 Å². The van der Waals surface area contributed by atoms with Gasteiger partial charge in [-0.15, -0.1) is 11.3 Å². The lowest BCUT2D eigenvalue weighted by molar-refractivity contribution is 0.0867. The topological polar surface area (TPSA) is 58.6 Å². The summed E-state index contributed by atoms with van der Waals surface area (Å²) >= 11 is 1.63. The smallest absolute Gasteiger partial charge is 0.252 e. The lowest BCUT2D eigenvalue weighted by atomic mass is 10.2. The van der Waals surface area contributed by atoms with Gasteiger partial charge >= 0.3 is 0 Å². The van der Waals surface area contributed by atoms with Gasteiger partial charge < -0.3 is 15.2 Å². The van der Waals surface area contributed by atoms with E-state index in [-0.39, 0.29) is 12.5 Å². The predicted molar refractivity (Wildman–Crippen MR) is 68.6 cm³/mol. The molecule has 0 saturated carbocycles. The molecule has 0 atom stereocenters. The molecular formula is C12H19NO3S. The van der Waals surface area contributed by atoms with Crippen molar-refractivity contribution < 1.29 is 14.6 Å². The maximum Gasteiger partial charge on any atom is 0.252 e. The third-order valence-electron chi connectivity index (χ3n) is 2.27. The molecule has 0 saturated heterocycles. The van der Waals surface area contributed by atoms with E-state index < -0.39 is 0 Å². The number of hydrogen-bond acceptors (Lipinski definition) is 4. The molecule has 0 aliphatic carbocycles. The molecule has 1 aromatic heterocycles. The Balaban J connectivity index is 2.23. The van der Waals surface area contributed by atoms with Crippen LogP contribution in [-0.4, -0.2) is 37.4 Å². The highest BCUT2D eigenvalue weighted by Gasteiger charge is 2.10. The molecule has 0 aliphatic heterocycles. The van der Waals surface area contributed by atoms with Gasteiger partial charge in [-0.25, -0.2) is 0 Å². The molecule has 96 valence electrons.